The van der Waals surface area contributed by atoms with Gasteiger partial charge in [0.2, 0.25) is 47.3 Å². The maximum absolute atomic E-state index is 14.5. The standard InChI is InChI=1S/C45H64N12O8S2/c1-26-10-9-20-57(26)44(65)37(25-67)56-43(64)36(23-29-24-50-31-14-7-6-13-30(29)31)55-39(60)32(15-8-19-49-45(47)48)52-42(63)35(22-28-11-4-3-5-12-28)54-40(61)33(16-17-38(46)59)53-41(62)34(18-21-66)51-27(2)58/h3-7,11-14,24,26,32-37,50,66-67H,8-10,15-23,25H2,1-2H3,(H2,46,59)(H,51,58)(H,52,63)(H,53,62)(H,54,61)(H,55,60)(H,56,64)(H4,47,48,49)/t26-,32+,33+,34+,35-,36+,37+/m1/s1. The minimum absolute atomic E-state index is 0.00346. The van der Waals surface area contributed by atoms with Gasteiger partial charge in [0.15, 0.2) is 5.96 Å². The van der Waals surface area contributed by atoms with Gasteiger partial charge in [0.25, 0.3) is 0 Å². The zero-order valence-corrected chi connectivity index (χ0v) is 39.6. The van der Waals surface area contributed by atoms with Crippen molar-refractivity contribution >= 4 is 89.4 Å². The summed E-state index contributed by atoms with van der Waals surface area (Å²) in [5.74, 6) is -5.43. The Morgan fingerprint density at radius 2 is 1.28 bits per heavy atom. The van der Waals surface area contributed by atoms with Crippen LogP contribution in [0.25, 0.3) is 10.9 Å². The second-order valence-corrected chi connectivity index (χ2v) is 17.3. The van der Waals surface area contributed by atoms with E-state index in [1.807, 2.05) is 31.2 Å². The molecule has 2 aromatic carbocycles. The number of H-pyrrole nitrogens is 1. The number of carbonyl (C=O) groups is 8. The number of fused-ring (bicyclic) bond motifs is 1. The smallest absolute Gasteiger partial charge is 0.246 e. The fourth-order valence-electron chi connectivity index (χ4n) is 7.79. The van der Waals surface area contributed by atoms with Crippen LogP contribution in [0.4, 0.5) is 0 Å². The Kier molecular flexibility index (Phi) is 21.3. The zero-order chi connectivity index (χ0) is 49.0. The number of para-hydroxylation sites is 1. The van der Waals surface area contributed by atoms with Gasteiger partial charge in [-0.2, -0.15) is 25.3 Å². The monoisotopic (exact) mass is 964 g/mol. The molecule has 1 aliphatic heterocycles. The van der Waals surface area contributed by atoms with Crippen molar-refractivity contribution in [3.8, 4) is 0 Å². The number of hydrogen-bond acceptors (Lipinski definition) is 11. The predicted molar refractivity (Wildman–Crippen MR) is 260 cm³/mol. The Hall–Kier alpha value is -6.29. The topological polar surface area (TPSA) is 316 Å². The van der Waals surface area contributed by atoms with Gasteiger partial charge in [-0.25, -0.2) is 0 Å². The van der Waals surface area contributed by atoms with Crippen molar-refractivity contribution in [2.45, 2.75) is 114 Å². The number of aromatic nitrogens is 1. The average molecular weight is 965 g/mol. The van der Waals surface area contributed by atoms with Crippen LogP contribution < -0.4 is 48.7 Å². The van der Waals surface area contributed by atoms with E-state index in [9.17, 15) is 38.4 Å². The van der Waals surface area contributed by atoms with Gasteiger partial charge in [-0.05, 0) is 68.4 Å². The molecule has 4 rings (SSSR count). The molecule has 0 saturated carbocycles. The number of nitrogens with zero attached hydrogens (tertiary/aromatic N) is 1. The van der Waals surface area contributed by atoms with E-state index in [0.717, 1.165) is 23.7 Å². The Morgan fingerprint density at radius 1 is 0.731 bits per heavy atom. The molecule has 1 saturated heterocycles. The number of thiol groups is 2. The SMILES string of the molecule is CC(=O)N[C@@H](CCS)C(=O)N[C@@H](CCC(N)=O)C(=O)N[C@H](Cc1ccccc1)C(=O)N[C@@H](CCCNC(=N)N)C(=O)N[C@@H](Cc1c[nH]c2ccccc12)C(=O)N[C@@H](CS)C(=O)N1CCC[C@H]1C. The van der Waals surface area contributed by atoms with Gasteiger partial charge in [0.1, 0.15) is 36.3 Å². The second kappa shape index (κ2) is 26.8. The number of amides is 8. The molecule has 0 radical (unpaired) electrons. The summed E-state index contributed by atoms with van der Waals surface area (Å²) in [5.41, 5.74) is 13.0. The molecule has 2 heterocycles. The molecule has 0 bridgehead atoms. The zero-order valence-electron chi connectivity index (χ0n) is 37.8. The molecular formula is C45H64N12O8S2. The van der Waals surface area contributed by atoms with Gasteiger partial charge in [-0.15, -0.1) is 0 Å². The van der Waals surface area contributed by atoms with Gasteiger partial charge >= 0.3 is 0 Å². The van der Waals surface area contributed by atoms with Gasteiger partial charge in [0.05, 0.1) is 0 Å². The quantitative estimate of drug-likeness (QED) is 0.0215. The molecule has 0 spiro atoms. The number of aromatic amines is 1. The van der Waals surface area contributed by atoms with Crippen LogP contribution in [0, 0.1) is 5.41 Å². The van der Waals surface area contributed by atoms with Crippen molar-refractivity contribution < 1.29 is 38.4 Å². The van der Waals surface area contributed by atoms with Crippen LogP contribution in [0.15, 0.2) is 60.8 Å². The molecule has 1 aliphatic rings. The van der Waals surface area contributed by atoms with Crippen LogP contribution in [-0.4, -0.2) is 130 Å². The second-order valence-electron chi connectivity index (χ2n) is 16.5. The van der Waals surface area contributed by atoms with E-state index in [-0.39, 0.29) is 80.9 Å². The van der Waals surface area contributed by atoms with Gasteiger partial charge in [-0.1, -0.05) is 48.5 Å². The van der Waals surface area contributed by atoms with E-state index in [2.05, 4.69) is 67.5 Å². The molecule has 1 aromatic heterocycles. The Labute approximate surface area is 400 Å². The maximum atomic E-state index is 14.5. The first-order valence-electron chi connectivity index (χ1n) is 22.3. The van der Waals surface area contributed by atoms with Crippen molar-refractivity contribution in [1.82, 2.24) is 47.1 Å². The summed E-state index contributed by atoms with van der Waals surface area (Å²) >= 11 is 8.57. The predicted octanol–water partition coefficient (Wildman–Crippen LogP) is -0.329. The van der Waals surface area contributed by atoms with E-state index in [1.54, 1.807) is 41.4 Å². The lowest BCUT2D eigenvalue weighted by Crippen LogP contribution is -2.60. The summed E-state index contributed by atoms with van der Waals surface area (Å²) < 4.78 is 0. The number of rotatable bonds is 26. The van der Waals surface area contributed by atoms with Crippen LogP contribution in [0.3, 0.4) is 0 Å². The molecule has 13 N–H and O–H groups in total. The highest BCUT2D eigenvalue weighted by molar-refractivity contribution is 7.80. The summed E-state index contributed by atoms with van der Waals surface area (Å²) in [6, 6.07) is 8.72. The summed E-state index contributed by atoms with van der Waals surface area (Å²) in [6.45, 7) is 3.86. The number of carbonyl (C=O) groups excluding carboxylic acids is 8. The third kappa shape index (κ3) is 16.8. The molecule has 22 heteroatoms. The van der Waals surface area contributed by atoms with E-state index in [4.69, 9.17) is 16.9 Å². The number of likely N-dealkylation sites (tertiary alicyclic amines) is 1. The number of primary amides is 1. The van der Waals surface area contributed by atoms with E-state index in [0.29, 0.717) is 17.7 Å². The van der Waals surface area contributed by atoms with Crippen LogP contribution >= 0.6 is 25.3 Å². The number of nitrogens with two attached hydrogens (primary N) is 2. The van der Waals surface area contributed by atoms with Crippen LogP contribution in [0.5, 0.6) is 0 Å². The van der Waals surface area contributed by atoms with Crippen LogP contribution in [0.1, 0.15) is 69.9 Å². The molecular weight excluding hydrogens is 901 g/mol. The number of hydrogen-bond donors (Lipinski definition) is 13. The summed E-state index contributed by atoms with van der Waals surface area (Å²) in [4.78, 5) is 113. The van der Waals surface area contributed by atoms with Crippen LogP contribution in [-0.2, 0) is 51.2 Å². The van der Waals surface area contributed by atoms with Gasteiger partial charge in [-0.3, -0.25) is 43.8 Å². The highest BCUT2D eigenvalue weighted by Gasteiger charge is 2.36. The third-order valence-electron chi connectivity index (χ3n) is 11.3. The fraction of sp³-hybridized carbons (Fsp3) is 0.489. The van der Waals surface area contributed by atoms with E-state index >= 15 is 0 Å². The minimum Gasteiger partial charge on any atom is -0.370 e. The molecule has 8 amide bonds. The third-order valence-corrected chi connectivity index (χ3v) is 11.9. The molecule has 0 unspecified atom stereocenters. The Morgan fingerprint density at radius 3 is 1.85 bits per heavy atom. The van der Waals surface area contributed by atoms with Crippen molar-refractivity contribution in [2.75, 3.05) is 24.6 Å². The highest BCUT2D eigenvalue weighted by Crippen LogP contribution is 2.21. The molecule has 20 nitrogen and oxygen atoms in total. The first kappa shape index (κ1) is 53.3. The van der Waals surface area contributed by atoms with E-state index in [1.165, 1.54) is 6.92 Å². The molecule has 364 valence electrons. The summed E-state index contributed by atoms with van der Waals surface area (Å²) in [7, 11) is 0. The fourth-order valence-corrected chi connectivity index (χ4v) is 8.30. The van der Waals surface area contributed by atoms with Crippen molar-refractivity contribution in [1.29, 1.82) is 5.41 Å². The summed E-state index contributed by atoms with van der Waals surface area (Å²) in [6.07, 6.45) is 3.05. The molecule has 3 aromatic rings. The number of nitrogens with one attached hydrogen (secondary N) is 9. The number of guanidine groups is 1. The van der Waals surface area contributed by atoms with Gasteiger partial charge < -0.3 is 58.6 Å². The first-order chi connectivity index (χ1) is 32.0. The molecule has 67 heavy (non-hydrogen) atoms. The summed E-state index contributed by atoms with van der Waals surface area (Å²) in [5, 5.41) is 27.2. The lowest BCUT2D eigenvalue weighted by Gasteiger charge is -2.29. The lowest BCUT2D eigenvalue weighted by atomic mass is 10.0. The maximum Gasteiger partial charge on any atom is 0.246 e. The Bertz CT molecular complexity index is 2210. The minimum atomic E-state index is -1.38. The molecule has 0 aliphatic carbocycles. The van der Waals surface area contributed by atoms with E-state index < -0.39 is 77.6 Å². The highest BCUT2D eigenvalue weighted by atomic mass is 32.1. The molecule has 7 atom stereocenters. The number of benzene rings is 2. The van der Waals surface area contributed by atoms with Crippen LogP contribution in [0.2, 0.25) is 0 Å². The normalized spacial score (nSPS) is 16.0. The van der Waals surface area contributed by atoms with Crippen molar-refractivity contribution in [3.63, 3.8) is 0 Å². The van der Waals surface area contributed by atoms with Crippen molar-refractivity contribution in [3.05, 3.63) is 71.9 Å². The largest absolute Gasteiger partial charge is 0.370 e. The average Bonchev–Trinajstić information content (AvgIpc) is 3.92. The lowest BCUT2D eigenvalue weighted by molar-refractivity contribution is -0.137. The first-order valence-corrected chi connectivity index (χ1v) is 23.5. The van der Waals surface area contributed by atoms with Gasteiger partial charge in [0, 0.05) is 68.2 Å². The molecule has 1 fully saturated rings. The Balaban J connectivity index is 1.65. The van der Waals surface area contributed by atoms with Crippen molar-refractivity contribution in [2.24, 2.45) is 11.5 Å².